The van der Waals surface area contributed by atoms with Crippen molar-refractivity contribution in [2.24, 2.45) is 5.92 Å². The molecule has 30 heavy (non-hydrogen) atoms. The van der Waals surface area contributed by atoms with Crippen molar-refractivity contribution in [1.82, 2.24) is 15.1 Å². The summed E-state index contributed by atoms with van der Waals surface area (Å²) in [5, 5.41) is 4.99. The summed E-state index contributed by atoms with van der Waals surface area (Å²) in [4.78, 5) is 42.5. The number of nitrogens with zero attached hydrogens (tertiary/aromatic N) is 2. The predicted molar refractivity (Wildman–Crippen MR) is 116 cm³/mol. The molecule has 158 valence electrons. The van der Waals surface area contributed by atoms with Gasteiger partial charge in [-0.1, -0.05) is 24.3 Å². The van der Waals surface area contributed by atoms with E-state index in [2.05, 4.69) is 5.32 Å². The van der Waals surface area contributed by atoms with Crippen LogP contribution in [0.15, 0.2) is 47.8 Å². The van der Waals surface area contributed by atoms with E-state index in [0.29, 0.717) is 31.7 Å². The highest BCUT2D eigenvalue weighted by atomic mass is 32.1. The summed E-state index contributed by atoms with van der Waals surface area (Å²) in [5.41, 5.74) is 0.661. The number of benzene rings is 1. The number of likely N-dealkylation sites (tertiary alicyclic amines) is 2. The molecule has 3 amide bonds. The van der Waals surface area contributed by atoms with Crippen molar-refractivity contribution >= 4 is 29.1 Å². The van der Waals surface area contributed by atoms with Gasteiger partial charge in [0, 0.05) is 37.8 Å². The van der Waals surface area contributed by atoms with Gasteiger partial charge in [-0.2, -0.15) is 0 Å². The lowest BCUT2D eigenvalue weighted by Gasteiger charge is -2.38. The van der Waals surface area contributed by atoms with Gasteiger partial charge >= 0.3 is 0 Å². The molecule has 3 heterocycles. The molecule has 6 nitrogen and oxygen atoms in total. The second-order valence-electron chi connectivity index (χ2n) is 8.01. The molecular formula is C23H27N3O3S. The number of piperidine rings is 2. The van der Waals surface area contributed by atoms with Crippen LogP contribution >= 0.6 is 11.3 Å². The van der Waals surface area contributed by atoms with Crippen LogP contribution in [0, 0.1) is 5.92 Å². The van der Waals surface area contributed by atoms with E-state index in [4.69, 9.17) is 0 Å². The topological polar surface area (TPSA) is 69.7 Å². The summed E-state index contributed by atoms with van der Waals surface area (Å²) in [7, 11) is 0. The molecule has 2 aliphatic heterocycles. The zero-order chi connectivity index (χ0) is 20.9. The summed E-state index contributed by atoms with van der Waals surface area (Å²) in [6, 6.07) is 13.0. The first kappa shape index (κ1) is 20.6. The minimum Gasteiger partial charge on any atom is -0.349 e. The molecule has 1 N–H and O–H groups in total. The van der Waals surface area contributed by atoms with Gasteiger partial charge < -0.3 is 15.1 Å². The highest BCUT2D eigenvalue weighted by Crippen LogP contribution is 2.23. The van der Waals surface area contributed by atoms with Crippen LogP contribution in [0.2, 0.25) is 0 Å². The van der Waals surface area contributed by atoms with Crippen molar-refractivity contribution in [3.63, 3.8) is 0 Å². The smallest absolute Gasteiger partial charge is 0.263 e. The summed E-state index contributed by atoms with van der Waals surface area (Å²) in [6.45, 7) is 2.51. The highest BCUT2D eigenvalue weighted by molar-refractivity contribution is 7.12. The molecule has 0 saturated carbocycles. The lowest BCUT2D eigenvalue weighted by Crippen LogP contribution is -2.51. The van der Waals surface area contributed by atoms with Crippen molar-refractivity contribution in [3.8, 4) is 0 Å². The van der Waals surface area contributed by atoms with Crippen LogP contribution < -0.4 is 5.32 Å². The third kappa shape index (κ3) is 4.73. The van der Waals surface area contributed by atoms with Crippen LogP contribution in [0.25, 0.3) is 0 Å². The molecule has 1 atom stereocenters. The van der Waals surface area contributed by atoms with E-state index in [1.54, 1.807) is 12.1 Å². The molecular weight excluding hydrogens is 398 g/mol. The van der Waals surface area contributed by atoms with Gasteiger partial charge in [0.2, 0.25) is 5.91 Å². The molecule has 0 spiro atoms. The fourth-order valence-electron chi connectivity index (χ4n) is 4.28. The molecule has 7 heteroatoms. The standard InChI is InChI=1S/C23H27N3O3S/c27-21(17-6-2-1-3-7-17)24-19-10-13-25(14-11-19)22(28)18-8-4-12-26(16-18)23(29)20-9-5-15-30-20/h1-3,5-7,9,15,18-19H,4,8,10-14,16H2,(H,24,27). The van der Waals surface area contributed by atoms with Crippen LogP contribution in [0.4, 0.5) is 0 Å². The third-order valence-electron chi connectivity index (χ3n) is 5.97. The Morgan fingerprint density at radius 1 is 0.900 bits per heavy atom. The molecule has 1 unspecified atom stereocenters. The maximum Gasteiger partial charge on any atom is 0.263 e. The fourth-order valence-corrected chi connectivity index (χ4v) is 4.97. The molecule has 4 rings (SSSR count). The van der Waals surface area contributed by atoms with Crippen LogP contribution in [0.5, 0.6) is 0 Å². The van der Waals surface area contributed by atoms with Gasteiger partial charge in [0.15, 0.2) is 0 Å². The van der Waals surface area contributed by atoms with Crippen molar-refractivity contribution in [3.05, 3.63) is 58.3 Å². The molecule has 2 aromatic rings. The van der Waals surface area contributed by atoms with Gasteiger partial charge in [-0.05, 0) is 49.3 Å². The SMILES string of the molecule is O=C(NC1CCN(C(=O)C2CCCN(C(=O)c3cccs3)C2)CC1)c1ccccc1. The zero-order valence-electron chi connectivity index (χ0n) is 17.0. The average molecular weight is 426 g/mol. The summed E-state index contributed by atoms with van der Waals surface area (Å²) in [6.07, 6.45) is 3.21. The van der Waals surface area contributed by atoms with Crippen LogP contribution in [-0.4, -0.2) is 59.7 Å². The lowest BCUT2D eigenvalue weighted by atomic mass is 9.94. The Bertz CT molecular complexity index is 876. The van der Waals surface area contributed by atoms with Crippen molar-refractivity contribution < 1.29 is 14.4 Å². The zero-order valence-corrected chi connectivity index (χ0v) is 17.8. The van der Waals surface area contributed by atoms with Crippen LogP contribution in [-0.2, 0) is 4.79 Å². The first-order valence-corrected chi connectivity index (χ1v) is 11.5. The summed E-state index contributed by atoms with van der Waals surface area (Å²) >= 11 is 1.44. The molecule has 1 aromatic carbocycles. The van der Waals surface area contributed by atoms with Crippen LogP contribution in [0.1, 0.15) is 45.7 Å². The fraction of sp³-hybridized carbons (Fsp3) is 0.435. The summed E-state index contributed by atoms with van der Waals surface area (Å²) < 4.78 is 0. The van der Waals surface area contributed by atoms with Gasteiger partial charge in [0.25, 0.3) is 11.8 Å². The summed E-state index contributed by atoms with van der Waals surface area (Å²) in [5.74, 6) is -0.00939. The number of amides is 3. The Morgan fingerprint density at radius 3 is 2.37 bits per heavy atom. The van der Waals surface area contributed by atoms with Crippen LogP contribution in [0.3, 0.4) is 0 Å². The Morgan fingerprint density at radius 2 is 1.67 bits per heavy atom. The van der Waals surface area contributed by atoms with Gasteiger partial charge in [-0.3, -0.25) is 14.4 Å². The quantitative estimate of drug-likeness (QED) is 0.819. The van der Waals surface area contributed by atoms with E-state index in [-0.39, 0.29) is 29.7 Å². The number of nitrogens with one attached hydrogen (secondary N) is 1. The van der Waals surface area contributed by atoms with Gasteiger partial charge in [-0.25, -0.2) is 0 Å². The lowest BCUT2D eigenvalue weighted by molar-refractivity contribution is -0.138. The molecule has 2 saturated heterocycles. The first-order chi connectivity index (χ1) is 14.6. The first-order valence-electron chi connectivity index (χ1n) is 10.6. The predicted octanol–water partition coefficient (Wildman–Crippen LogP) is 3.02. The Balaban J connectivity index is 1.27. The Labute approximate surface area is 180 Å². The second kappa shape index (κ2) is 9.43. The van der Waals surface area contributed by atoms with E-state index in [1.807, 2.05) is 45.5 Å². The maximum atomic E-state index is 13.1. The van der Waals surface area contributed by atoms with E-state index < -0.39 is 0 Å². The number of hydrogen-bond donors (Lipinski definition) is 1. The van der Waals surface area contributed by atoms with Gasteiger partial charge in [-0.15, -0.1) is 11.3 Å². The van der Waals surface area contributed by atoms with Crippen molar-refractivity contribution in [1.29, 1.82) is 0 Å². The minimum atomic E-state index is -0.127. The van der Waals surface area contributed by atoms with E-state index >= 15 is 0 Å². The van der Waals surface area contributed by atoms with E-state index in [1.165, 1.54) is 11.3 Å². The van der Waals surface area contributed by atoms with E-state index in [0.717, 1.165) is 30.6 Å². The second-order valence-corrected chi connectivity index (χ2v) is 8.95. The number of carbonyl (C=O) groups is 3. The Kier molecular flexibility index (Phi) is 6.47. The van der Waals surface area contributed by atoms with E-state index in [9.17, 15) is 14.4 Å². The van der Waals surface area contributed by atoms with Gasteiger partial charge in [0.05, 0.1) is 10.8 Å². The largest absolute Gasteiger partial charge is 0.349 e. The molecule has 2 aliphatic rings. The van der Waals surface area contributed by atoms with Gasteiger partial charge in [0.1, 0.15) is 0 Å². The molecule has 2 fully saturated rings. The monoisotopic (exact) mass is 425 g/mol. The average Bonchev–Trinajstić information content (AvgIpc) is 3.34. The Hall–Kier alpha value is -2.67. The van der Waals surface area contributed by atoms with Crippen molar-refractivity contribution in [2.75, 3.05) is 26.2 Å². The number of carbonyl (C=O) groups excluding carboxylic acids is 3. The molecule has 0 radical (unpaired) electrons. The molecule has 1 aromatic heterocycles. The third-order valence-corrected chi connectivity index (χ3v) is 6.83. The number of rotatable bonds is 4. The number of thiophene rings is 1. The minimum absolute atomic E-state index is 0.0323. The maximum absolute atomic E-state index is 13.1. The molecule has 0 bridgehead atoms. The molecule has 0 aliphatic carbocycles. The highest BCUT2D eigenvalue weighted by Gasteiger charge is 2.33. The van der Waals surface area contributed by atoms with Crippen molar-refractivity contribution in [2.45, 2.75) is 31.7 Å². The normalized spacial score (nSPS) is 20.1. The number of hydrogen-bond acceptors (Lipinski definition) is 4.